The molecule has 3 amide bonds. The minimum absolute atomic E-state index is 0.132. The van der Waals surface area contributed by atoms with Gasteiger partial charge in [-0.1, -0.05) is 30.3 Å². The lowest BCUT2D eigenvalue weighted by Crippen LogP contribution is -2.50. The Labute approximate surface area is 111 Å². The van der Waals surface area contributed by atoms with Gasteiger partial charge in [0.1, 0.15) is 0 Å². The maximum atomic E-state index is 11.5. The van der Waals surface area contributed by atoms with E-state index in [9.17, 15) is 14.4 Å². The highest BCUT2D eigenvalue weighted by Gasteiger charge is 2.14. The average molecular weight is 263 g/mol. The van der Waals surface area contributed by atoms with E-state index < -0.39 is 17.7 Å². The summed E-state index contributed by atoms with van der Waals surface area (Å²) in [5, 5.41) is 2.41. The third-order valence-electron chi connectivity index (χ3n) is 2.15. The van der Waals surface area contributed by atoms with E-state index in [1.807, 2.05) is 18.2 Å². The van der Waals surface area contributed by atoms with Crippen molar-refractivity contribution in [2.24, 2.45) is 0 Å². The molecule has 6 nitrogen and oxygen atoms in total. The summed E-state index contributed by atoms with van der Waals surface area (Å²) in [6.45, 7) is 3.47. The summed E-state index contributed by atoms with van der Waals surface area (Å²) >= 11 is 0. The highest BCUT2D eigenvalue weighted by Crippen LogP contribution is 1.98. The van der Waals surface area contributed by atoms with Crippen molar-refractivity contribution < 1.29 is 14.4 Å². The molecular weight excluding hydrogens is 246 g/mol. The van der Waals surface area contributed by atoms with Crippen LogP contribution in [0.4, 0.5) is 0 Å². The van der Waals surface area contributed by atoms with Crippen molar-refractivity contribution in [2.75, 3.05) is 0 Å². The summed E-state index contributed by atoms with van der Waals surface area (Å²) in [4.78, 5) is 34.1. The predicted molar refractivity (Wildman–Crippen MR) is 69.7 cm³/mol. The fraction of sp³-hybridized carbons (Fsp3) is 0.308. The predicted octanol–water partition coefficient (Wildman–Crippen LogP) is -0.0989. The van der Waals surface area contributed by atoms with E-state index in [4.69, 9.17) is 0 Å². The van der Waals surface area contributed by atoms with E-state index in [0.29, 0.717) is 0 Å². The van der Waals surface area contributed by atoms with Crippen LogP contribution in [0.3, 0.4) is 0 Å². The topological polar surface area (TPSA) is 87.3 Å². The van der Waals surface area contributed by atoms with Crippen LogP contribution in [0.5, 0.6) is 0 Å². The van der Waals surface area contributed by atoms with Gasteiger partial charge in [-0.2, -0.15) is 0 Å². The first kappa shape index (κ1) is 14.7. The standard InChI is InChI=1S/C13H17N3O3/c1-9(2)14-12(18)13(19)16-15-11(17)8-10-6-4-3-5-7-10/h3-7,9H,8H2,1-2H3,(H,14,18)(H,15,17)(H,16,19). The van der Waals surface area contributed by atoms with Crippen molar-refractivity contribution in [3.8, 4) is 0 Å². The zero-order valence-electron chi connectivity index (χ0n) is 10.9. The molecule has 0 bridgehead atoms. The second-order valence-corrected chi connectivity index (χ2v) is 4.29. The molecule has 0 aliphatic rings. The van der Waals surface area contributed by atoms with Gasteiger partial charge in [-0.05, 0) is 19.4 Å². The molecule has 0 aliphatic heterocycles. The minimum Gasteiger partial charge on any atom is -0.346 e. The lowest BCUT2D eigenvalue weighted by atomic mass is 10.1. The molecule has 0 heterocycles. The summed E-state index contributed by atoms with van der Waals surface area (Å²) in [5.74, 6) is -2.07. The largest absolute Gasteiger partial charge is 0.346 e. The Morgan fingerprint density at radius 3 is 2.21 bits per heavy atom. The van der Waals surface area contributed by atoms with Crippen LogP contribution >= 0.6 is 0 Å². The van der Waals surface area contributed by atoms with Gasteiger partial charge in [0.05, 0.1) is 6.42 Å². The summed E-state index contributed by atoms with van der Waals surface area (Å²) in [6, 6.07) is 8.94. The highest BCUT2D eigenvalue weighted by atomic mass is 16.2. The smallest absolute Gasteiger partial charge is 0.327 e. The van der Waals surface area contributed by atoms with Crippen LogP contribution in [0, 0.1) is 0 Å². The van der Waals surface area contributed by atoms with Crippen molar-refractivity contribution in [1.82, 2.24) is 16.2 Å². The Morgan fingerprint density at radius 1 is 1.00 bits per heavy atom. The Morgan fingerprint density at radius 2 is 1.63 bits per heavy atom. The zero-order chi connectivity index (χ0) is 14.3. The van der Waals surface area contributed by atoms with Crippen LogP contribution in [-0.2, 0) is 20.8 Å². The highest BCUT2D eigenvalue weighted by molar-refractivity contribution is 6.35. The number of nitrogens with one attached hydrogen (secondary N) is 3. The average Bonchev–Trinajstić information content (AvgIpc) is 2.36. The Balaban J connectivity index is 2.34. The summed E-state index contributed by atoms with van der Waals surface area (Å²) < 4.78 is 0. The number of carbonyl (C=O) groups excluding carboxylic acids is 3. The quantitative estimate of drug-likeness (QED) is 0.526. The van der Waals surface area contributed by atoms with Crippen LogP contribution in [0.1, 0.15) is 19.4 Å². The minimum atomic E-state index is -0.893. The lowest BCUT2D eigenvalue weighted by Gasteiger charge is -2.09. The third kappa shape index (κ3) is 5.67. The van der Waals surface area contributed by atoms with Crippen molar-refractivity contribution in [1.29, 1.82) is 0 Å². The number of carbonyl (C=O) groups is 3. The first-order valence-corrected chi connectivity index (χ1v) is 5.92. The SMILES string of the molecule is CC(C)NC(=O)C(=O)NNC(=O)Cc1ccccc1. The van der Waals surface area contributed by atoms with E-state index >= 15 is 0 Å². The van der Waals surface area contributed by atoms with E-state index in [1.165, 1.54) is 0 Å². The Hall–Kier alpha value is -2.37. The van der Waals surface area contributed by atoms with E-state index in [1.54, 1.807) is 26.0 Å². The first-order valence-electron chi connectivity index (χ1n) is 5.92. The number of amides is 3. The third-order valence-corrected chi connectivity index (χ3v) is 2.15. The molecule has 0 atom stereocenters. The van der Waals surface area contributed by atoms with Gasteiger partial charge in [0.2, 0.25) is 5.91 Å². The molecular formula is C13H17N3O3. The van der Waals surface area contributed by atoms with Crippen LogP contribution in [0.25, 0.3) is 0 Å². The molecule has 19 heavy (non-hydrogen) atoms. The van der Waals surface area contributed by atoms with Crippen molar-refractivity contribution in [3.63, 3.8) is 0 Å². The van der Waals surface area contributed by atoms with Gasteiger partial charge in [0, 0.05) is 6.04 Å². The molecule has 0 saturated carbocycles. The lowest BCUT2D eigenvalue weighted by molar-refractivity contribution is -0.141. The van der Waals surface area contributed by atoms with E-state index in [-0.39, 0.29) is 12.5 Å². The number of hydrogen-bond acceptors (Lipinski definition) is 3. The second kappa shape index (κ2) is 7.15. The van der Waals surface area contributed by atoms with Crippen LogP contribution in [0.2, 0.25) is 0 Å². The summed E-state index contributed by atoms with van der Waals surface area (Å²) in [6.07, 6.45) is 0.132. The molecule has 0 aliphatic carbocycles. The van der Waals surface area contributed by atoms with Crippen molar-refractivity contribution in [3.05, 3.63) is 35.9 Å². The number of rotatable bonds is 3. The molecule has 1 aromatic carbocycles. The first-order chi connectivity index (χ1) is 8.99. The van der Waals surface area contributed by atoms with Crippen molar-refractivity contribution in [2.45, 2.75) is 26.3 Å². The number of benzene rings is 1. The van der Waals surface area contributed by atoms with E-state index in [0.717, 1.165) is 5.56 Å². The second-order valence-electron chi connectivity index (χ2n) is 4.29. The van der Waals surface area contributed by atoms with E-state index in [2.05, 4.69) is 16.2 Å². The summed E-state index contributed by atoms with van der Waals surface area (Å²) in [5.41, 5.74) is 5.06. The fourth-order valence-corrected chi connectivity index (χ4v) is 1.34. The number of hydrazine groups is 1. The molecule has 3 N–H and O–H groups in total. The Kier molecular flexibility index (Phi) is 5.53. The van der Waals surface area contributed by atoms with Gasteiger partial charge in [-0.3, -0.25) is 25.2 Å². The van der Waals surface area contributed by atoms with Gasteiger partial charge in [0.25, 0.3) is 0 Å². The molecule has 0 spiro atoms. The van der Waals surface area contributed by atoms with Crippen LogP contribution in [-0.4, -0.2) is 23.8 Å². The normalized spacial score (nSPS) is 9.84. The van der Waals surface area contributed by atoms with Crippen LogP contribution in [0.15, 0.2) is 30.3 Å². The monoisotopic (exact) mass is 263 g/mol. The molecule has 0 unspecified atom stereocenters. The van der Waals surface area contributed by atoms with Crippen molar-refractivity contribution >= 4 is 17.7 Å². The maximum absolute atomic E-state index is 11.5. The van der Waals surface area contributed by atoms with Gasteiger partial charge in [-0.15, -0.1) is 0 Å². The van der Waals surface area contributed by atoms with Gasteiger partial charge < -0.3 is 5.32 Å². The molecule has 0 fully saturated rings. The molecule has 6 heteroatoms. The zero-order valence-corrected chi connectivity index (χ0v) is 10.9. The number of hydrogen-bond donors (Lipinski definition) is 3. The molecule has 102 valence electrons. The molecule has 0 radical (unpaired) electrons. The summed E-state index contributed by atoms with van der Waals surface area (Å²) in [7, 11) is 0. The molecule has 1 rings (SSSR count). The maximum Gasteiger partial charge on any atom is 0.327 e. The molecule has 0 saturated heterocycles. The van der Waals surface area contributed by atoms with Gasteiger partial charge in [0.15, 0.2) is 0 Å². The fourth-order valence-electron chi connectivity index (χ4n) is 1.34. The van der Waals surface area contributed by atoms with Gasteiger partial charge in [-0.25, -0.2) is 0 Å². The Bertz CT molecular complexity index is 457. The van der Waals surface area contributed by atoms with Crippen LogP contribution < -0.4 is 16.2 Å². The molecule has 0 aromatic heterocycles. The van der Waals surface area contributed by atoms with Gasteiger partial charge >= 0.3 is 11.8 Å². The molecule has 1 aromatic rings.